The molecule has 0 saturated heterocycles. The second-order valence-electron chi connectivity index (χ2n) is 5.47. The number of aromatic hydroxyl groups is 4. The van der Waals surface area contributed by atoms with Crippen LogP contribution in [0, 0.1) is 0 Å². The Kier molecular flexibility index (Phi) is 4.89. The highest BCUT2D eigenvalue weighted by Crippen LogP contribution is 2.31. The van der Waals surface area contributed by atoms with Crippen molar-refractivity contribution >= 4 is 11.7 Å². The molecule has 0 unspecified atom stereocenters. The van der Waals surface area contributed by atoms with Crippen LogP contribution in [0.25, 0.3) is 0 Å². The first kappa shape index (κ1) is 17.7. The Hall–Kier alpha value is -4.07. The zero-order valence-corrected chi connectivity index (χ0v) is 13.8. The summed E-state index contributed by atoms with van der Waals surface area (Å²) < 4.78 is 5.53. The van der Waals surface area contributed by atoms with Crippen molar-refractivity contribution in [1.29, 1.82) is 0 Å². The van der Waals surface area contributed by atoms with E-state index in [4.69, 9.17) is 9.57 Å². The van der Waals surface area contributed by atoms with Crippen molar-refractivity contribution < 1.29 is 34.8 Å². The summed E-state index contributed by atoms with van der Waals surface area (Å²) in [5, 5.41) is 37.4. The van der Waals surface area contributed by atoms with Gasteiger partial charge in [-0.3, -0.25) is 0 Å². The highest BCUT2D eigenvalue weighted by molar-refractivity contribution is 5.90. The minimum atomic E-state index is -0.745. The maximum atomic E-state index is 11.9. The fraction of sp³-hybridized carbons (Fsp3) is 0. The Labute approximate surface area is 153 Å². The number of phenolic OH excluding ortho intramolecular Hbond substituents is 4. The fourth-order valence-electron chi connectivity index (χ4n) is 2.11. The summed E-state index contributed by atoms with van der Waals surface area (Å²) >= 11 is 0. The Morgan fingerprint density at radius 1 is 0.704 bits per heavy atom. The number of benzene rings is 3. The van der Waals surface area contributed by atoms with Gasteiger partial charge in [0, 0.05) is 6.07 Å². The van der Waals surface area contributed by atoms with E-state index in [0.717, 1.165) is 6.07 Å². The summed E-state index contributed by atoms with van der Waals surface area (Å²) in [6.45, 7) is 0. The second kappa shape index (κ2) is 7.44. The van der Waals surface area contributed by atoms with Crippen LogP contribution in [0.5, 0.6) is 34.5 Å². The fourth-order valence-corrected chi connectivity index (χ4v) is 2.11. The molecule has 0 fully saturated rings. The third-order valence-electron chi connectivity index (χ3n) is 3.51. The summed E-state index contributed by atoms with van der Waals surface area (Å²) in [7, 11) is 0. The molecule has 8 nitrogen and oxygen atoms in total. The van der Waals surface area contributed by atoms with Crippen molar-refractivity contribution in [2.24, 2.45) is 0 Å². The van der Waals surface area contributed by atoms with Gasteiger partial charge in [0.1, 0.15) is 11.5 Å². The minimum Gasteiger partial charge on any atom is -0.504 e. The van der Waals surface area contributed by atoms with Gasteiger partial charge in [0.25, 0.3) is 0 Å². The predicted octanol–water partition coefficient (Wildman–Crippen LogP) is 3.49. The molecule has 0 aliphatic carbocycles. The summed E-state index contributed by atoms with van der Waals surface area (Å²) in [4.78, 5) is 16.8. The lowest BCUT2D eigenvalue weighted by Crippen LogP contribution is -2.10. The first-order chi connectivity index (χ1) is 12.9. The van der Waals surface area contributed by atoms with Crippen molar-refractivity contribution in [3.05, 3.63) is 66.2 Å². The maximum absolute atomic E-state index is 11.9. The predicted molar refractivity (Wildman–Crippen MR) is 95.1 cm³/mol. The van der Waals surface area contributed by atoms with Crippen molar-refractivity contribution in [2.75, 3.05) is 5.48 Å². The van der Waals surface area contributed by atoms with Gasteiger partial charge in [-0.05, 0) is 54.6 Å². The van der Waals surface area contributed by atoms with Crippen LogP contribution in [0.1, 0.15) is 10.4 Å². The van der Waals surface area contributed by atoms with Crippen molar-refractivity contribution in [3.63, 3.8) is 0 Å². The number of carbonyl (C=O) groups excluding carboxylic acids is 1. The van der Waals surface area contributed by atoms with Crippen molar-refractivity contribution in [3.8, 4) is 34.5 Å². The zero-order valence-electron chi connectivity index (χ0n) is 13.8. The van der Waals surface area contributed by atoms with Crippen molar-refractivity contribution in [2.45, 2.75) is 0 Å². The lowest BCUT2D eigenvalue weighted by atomic mass is 10.2. The molecule has 0 saturated carbocycles. The molecule has 27 heavy (non-hydrogen) atoms. The van der Waals surface area contributed by atoms with E-state index in [1.807, 2.05) is 0 Å². The van der Waals surface area contributed by atoms with Gasteiger partial charge < -0.3 is 30.0 Å². The van der Waals surface area contributed by atoms with Crippen LogP contribution < -0.4 is 10.2 Å². The molecule has 8 heteroatoms. The van der Waals surface area contributed by atoms with Gasteiger partial charge in [-0.2, -0.15) is 0 Å². The van der Waals surface area contributed by atoms with E-state index in [-0.39, 0.29) is 22.8 Å². The third kappa shape index (κ3) is 4.31. The van der Waals surface area contributed by atoms with Crippen LogP contribution in [0.4, 0.5) is 5.69 Å². The van der Waals surface area contributed by atoms with Gasteiger partial charge in [0.15, 0.2) is 23.0 Å². The molecule has 0 aliphatic rings. The van der Waals surface area contributed by atoms with Crippen molar-refractivity contribution in [1.82, 2.24) is 0 Å². The van der Waals surface area contributed by atoms with Crippen LogP contribution in [0.2, 0.25) is 0 Å². The minimum absolute atomic E-state index is 0.0601. The molecule has 3 aromatic carbocycles. The van der Waals surface area contributed by atoms with E-state index < -0.39 is 11.7 Å². The highest BCUT2D eigenvalue weighted by Gasteiger charge is 2.11. The van der Waals surface area contributed by atoms with Crippen LogP contribution >= 0.6 is 0 Å². The molecule has 0 aromatic heterocycles. The van der Waals surface area contributed by atoms with Gasteiger partial charge in [-0.1, -0.05) is 0 Å². The molecule has 3 rings (SSSR count). The molecule has 5 N–H and O–H groups in total. The Morgan fingerprint density at radius 3 is 1.93 bits per heavy atom. The number of phenols is 4. The number of nitrogens with one attached hydrogen (secondary N) is 1. The van der Waals surface area contributed by atoms with Gasteiger partial charge in [0.2, 0.25) is 0 Å². The van der Waals surface area contributed by atoms with Gasteiger partial charge >= 0.3 is 5.97 Å². The number of hydrogen-bond acceptors (Lipinski definition) is 8. The molecule has 0 heterocycles. The van der Waals surface area contributed by atoms with E-state index >= 15 is 0 Å². The van der Waals surface area contributed by atoms with Gasteiger partial charge in [-0.25, -0.2) is 10.3 Å². The quantitative estimate of drug-likeness (QED) is 0.341. The van der Waals surface area contributed by atoms with Gasteiger partial charge in [0.05, 0.1) is 11.3 Å². The Morgan fingerprint density at radius 2 is 1.30 bits per heavy atom. The topological polar surface area (TPSA) is 128 Å². The molecule has 0 aliphatic heterocycles. The molecular formula is C19H15NO7. The van der Waals surface area contributed by atoms with E-state index in [1.54, 1.807) is 24.3 Å². The Bertz CT molecular complexity index is 970. The van der Waals surface area contributed by atoms with Crippen LogP contribution in [0.3, 0.4) is 0 Å². The number of anilines is 1. The monoisotopic (exact) mass is 369 g/mol. The molecule has 0 bridgehead atoms. The SMILES string of the molecule is O=C(ONc1ccc(Oc2ccc(O)c(O)c2)cc1)c1ccc(O)c(O)c1. The first-order valence-corrected chi connectivity index (χ1v) is 7.71. The van der Waals surface area contributed by atoms with E-state index in [9.17, 15) is 25.2 Å². The highest BCUT2D eigenvalue weighted by atomic mass is 16.7. The molecular weight excluding hydrogens is 354 g/mol. The number of carbonyl (C=O) groups is 1. The molecule has 0 radical (unpaired) electrons. The largest absolute Gasteiger partial charge is 0.504 e. The average molecular weight is 369 g/mol. The molecule has 0 atom stereocenters. The molecule has 0 amide bonds. The normalized spacial score (nSPS) is 10.2. The number of ether oxygens (including phenoxy) is 1. The zero-order chi connectivity index (χ0) is 19.4. The van der Waals surface area contributed by atoms with Gasteiger partial charge in [-0.15, -0.1) is 0 Å². The van der Waals surface area contributed by atoms with Crippen LogP contribution in [-0.4, -0.2) is 26.4 Å². The summed E-state index contributed by atoms with van der Waals surface area (Å²) in [5.74, 6) is -1.25. The molecule has 3 aromatic rings. The molecule has 0 spiro atoms. The number of hydrogen-bond donors (Lipinski definition) is 5. The summed E-state index contributed by atoms with van der Waals surface area (Å²) in [5.41, 5.74) is 2.99. The average Bonchev–Trinajstić information content (AvgIpc) is 2.66. The second-order valence-corrected chi connectivity index (χ2v) is 5.47. The molecule has 138 valence electrons. The maximum Gasteiger partial charge on any atom is 0.362 e. The smallest absolute Gasteiger partial charge is 0.362 e. The van der Waals surface area contributed by atoms with E-state index in [2.05, 4.69) is 5.48 Å². The van der Waals surface area contributed by atoms with Crippen LogP contribution in [0.15, 0.2) is 60.7 Å². The third-order valence-corrected chi connectivity index (χ3v) is 3.51. The lowest BCUT2D eigenvalue weighted by Gasteiger charge is -2.09. The summed E-state index contributed by atoms with van der Waals surface area (Å²) in [6, 6.07) is 14.0. The Balaban J connectivity index is 1.59. The van der Waals surface area contributed by atoms with E-state index in [0.29, 0.717) is 17.2 Å². The number of rotatable bonds is 5. The lowest BCUT2D eigenvalue weighted by molar-refractivity contribution is 0.0596. The first-order valence-electron chi connectivity index (χ1n) is 7.71. The van der Waals surface area contributed by atoms with Crippen LogP contribution in [-0.2, 0) is 4.84 Å². The van der Waals surface area contributed by atoms with E-state index in [1.165, 1.54) is 30.3 Å². The summed E-state index contributed by atoms with van der Waals surface area (Å²) in [6.07, 6.45) is 0. The standard InChI is InChI=1S/C19H15NO7/c21-15-7-1-11(9-17(15)23)19(25)27-20-12-2-4-13(5-3-12)26-14-6-8-16(22)18(24)10-14/h1-10,20-24H.